The Hall–Kier alpha value is -5.30. The van der Waals surface area contributed by atoms with Crippen LogP contribution in [-0.4, -0.2) is 82.2 Å². The Bertz CT molecular complexity index is 2300. The van der Waals surface area contributed by atoms with Crippen molar-refractivity contribution < 1.29 is 23.4 Å². The highest BCUT2D eigenvalue weighted by Gasteiger charge is 2.46. The van der Waals surface area contributed by atoms with Gasteiger partial charge in [0.1, 0.15) is 29.5 Å². The molecule has 3 aliphatic rings. The number of aromatic hydroxyl groups is 1. The molecular formula is C43H47F2N7O3. The minimum absolute atomic E-state index is 0.0112. The predicted molar refractivity (Wildman–Crippen MR) is 209 cm³/mol. The van der Waals surface area contributed by atoms with Crippen LogP contribution in [0.3, 0.4) is 0 Å². The van der Waals surface area contributed by atoms with Gasteiger partial charge in [0.2, 0.25) is 5.91 Å². The third-order valence-corrected chi connectivity index (χ3v) is 12.1. The average molecular weight is 748 g/mol. The highest BCUT2D eigenvalue weighted by atomic mass is 19.1. The number of hydrogen-bond acceptors (Lipinski definition) is 9. The summed E-state index contributed by atoms with van der Waals surface area (Å²) in [4.78, 5) is 28.7. The minimum atomic E-state index is -1.18. The van der Waals surface area contributed by atoms with Crippen LogP contribution in [-0.2, 0) is 10.3 Å². The van der Waals surface area contributed by atoms with Gasteiger partial charge in [0, 0.05) is 42.0 Å². The van der Waals surface area contributed by atoms with Crippen LogP contribution in [0.4, 0.5) is 14.6 Å². The fraction of sp³-hybridized carbons (Fsp3) is 0.442. The van der Waals surface area contributed by atoms with Crippen molar-refractivity contribution >= 4 is 33.4 Å². The maximum atomic E-state index is 17.9. The highest BCUT2D eigenvalue weighted by molar-refractivity contribution is 6.05. The van der Waals surface area contributed by atoms with E-state index in [1.165, 1.54) is 35.2 Å². The van der Waals surface area contributed by atoms with Crippen LogP contribution in [0.15, 0.2) is 43.0 Å². The molecule has 10 nitrogen and oxygen atoms in total. The molecule has 2 atom stereocenters. The topological polar surface area (TPSA) is 132 Å². The number of aromatic nitrogens is 2. The monoisotopic (exact) mass is 747 g/mol. The van der Waals surface area contributed by atoms with Gasteiger partial charge in [0.15, 0.2) is 5.82 Å². The van der Waals surface area contributed by atoms with Crippen LogP contribution in [0.1, 0.15) is 70.4 Å². The van der Waals surface area contributed by atoms with Gasteiger partial charge in [-0.2, -0.15) is 15.2 Å². The number of likely N-dealkylation sites (N-methyl/N-ethyl adjacent to an activating group) is 1. The SMILES string of the molecule is C#Cc1c(F)ccc2cc(O)cc(-c3c(C(C)(C)N)cc4c(N5CCCC(C)(C#N)C(N(C)C(=O)C=C)C5)nc(OCC56CCCN5CCC6)nc4c3F)c12. The quantitative estimate of drug-likeness (QED) is 0.148. The predicted octanol–water partition coefficient (Wildman–Crippen LogP) is 6.76. The lowest BCUT2D eigenvalue weighted by atomic mass is 9.79. The van der Waals surface area contributed by atoms with Crippen molar-refractivity contribution in [1.29, 1.82) is 5.26 Å². The first-order chi connectivity index (χ1) is 26.1. The molecule has 1 aromatic heterocycles. The largest absolute Gasteiger partial charge is 0.508 e. The molecule has 1 amide bonds. The first-order valence-corrected chi connectivity index (χ1v) is 18.8. The van der Waals surface area contributed by atoms with Crippen molar-refractivity contribution in [2.24, 2.45) is 11.1 Å². The van der Waals surface area contributed by atoms with Gasteiger partial charge < -0.3 is 25.4 Å². The molecule has 0 spiro atoms. The van der Waals surface area contributed by atoms with Crippen molar-refractivity contribution in [3.63, 3.8) is 0 Å². The summed E-state index contributed by atoms with van der Waals surface area (Å²) in [6.45, 7) is 11.9. The molecule has 55 heavy (non-hydrogen) atoms. The Labute approximate surface area is 320 Å². The number of phenols is 1. The Morgan fingerprint density at radius 3 is 2.55 bits per heavy atom. The van der Waals surface area contributed by atoms with Gasteiger partial charge >= 0.3 is 6.01 Å². The first kappa shape index (κ1) is 38.0. The van der Waals surface area contributed by atoms with E-state index in [-0.39, 0.29) is 57.3 Å². The number of amides is 1. The molecule has 3 saturated heterocycles. The van der Waals surface area contributed by atoms with E-state index in [1.807, 2.05) is 11.8 Å². The van der Waals surface area contributed by atoms with E-state index in [0.717, 1.165) is 38.8 Å². The summed E-state index contributed by atoms with van der Waals surface area (Å²) >= 11 is 0. The van der Waals surface area contributed by atoms with E-state index < -0.39 is 28.6 Å². The average Bonchev–Trinajstić information content (AvgIpc) is 3.69. The van der Waals surface area contributed by atoms with Gasteiger partial charge in [-0.05, 0) is 119 Å². The number of carbonyl (C=O) groups excluding carboxylic acids is 1. The fourth-order valence-corrected chi connectivity index (χ4v) is 9.17. The molecule has 3 aromatic carbocycles. The van der Waals surface area contributed by atoms with Crippen molar-refractivity contribution in [1.82, 2.24) is 19.8 Å². The summed E-state index contributed by atoms with van der Waals surface area (Å²) in [5, 5.41) is 22.3. The normalized spacial score (nSPS) is 21.2. The molecular weight excluding hydrogens is 701 g/mol. The summed E-state index contributed by atoms with van der Waals surface area (Å²) in [6, 6.07) is 9.14. The number of fused-ring (bicyclic) bond motifs is 3. The van der Waals surface area contributed by atoms with Crippen LogP contribution in [0.2, 0.25) is 0 Å². The minimum Gasteiger partial charge on any atom is -0.508 e. The lowest BCUT2D eigenvalue weighted by Crippen LogP contribution is -2.51. The highest BCUT2D eigenvalue weighted by Crippen LogP contribution is 2.46. The second kappa shape index (κ2) is 14.1. The summed E-state index contributed by atoms with van der Waals surface area (Å²) in [5.41, 5.74) is 4.98. The van der Waals surface area contributed by atoms with Crippen LogP contribution in [0.25, 0.3) is 32.8 Å². The van der Waals surface area contributed by atoms with Crippen LogP contribution >= 0.6 is 0 Å². The molecule has 0 radical (unpaired) electrons. The summed E-state index contributed by atoms with van der Waals surface area (Å²) in [5.74, 6) is 0.859. The van der Waals surface area contributed by atoms with Crippen LogP contribution in [0, 0.1) is 40.7 Å². The molecule has 12 heteroatoms. The number of halogens is 2. The maximum Gasteiger partial charge on any atom is 0.319 e. The number of nitriles is 1. The van der Waals surface area contributed by atoms with Crippen molar-refractivity contribution in [3.05, 3.63) is 65.7 Å². The summed E-state index contributed by atoms with van der Waals surface area (Å²) < 4.78 is 39.6. The van der Waals surface area contributed by atoms with E-state index in [9.17, 15) is 15.2 Å². The number of hydrogen-bond donors (Lipinski definition) is 2. The van der Waals surface area contributed by atoms with Gasteiger partial charge in [-0.3, -0.25) is 9.69 Å². The molecule has 2 unspecified atom stereocenters. The fourth-order valence-electron chi connectivity index (χ4n) is 9.17. The number of anilines is 1. The zero-order chi connectivity index (χ0) is 39.4. The molecule has 4 aromatic rings. The molecule has 286 valence electrons. The van der Waals surface area contributed by atoms with Crippen LogP contribution < -0.4 is 15.4 Å². The Balaban J connectivity index is 1.49. The number of carbonyl (C=O) groups is 1. The van der Waals surface area contributed by atoms with E-state index >= 15 is 8.78 Å². The number of nitrogens with zero attached hydrogens (tertiary/aromatic N) is 6. The number of ether oxygens (including phenoxy) is 1. The Morgan fingerprint density at radius 2 is 1.89 bits per heavy atom. The third-order valence-electron chi connectivity index (χ3n) is 12.1. The zero-order valence-electron chi connectivity index (χ0n) is 31.9. The molecule has 3 fully saturated rings. The van der Waals surface area contributed by atoms with Gasteiger partial charge in [0.05, 0.1) is 28.6 Å². The van der Waals surface area contributed by atoms with Crippen LogP contribution in [0.5, 0.6) is 11.8 Å². The molecule has 4 heterocycles. The third kappa shape index (κ3) is 6.51. The number of phenolic OH excluding ortho intramolecular Hbond substituents is 1. The smallest absolute Gasteiger partial charge is 0.319 e. The van der Waals surface area contributed by atoms with E-state index in [2.05, 4.69) is 23.5 Å². The second-order valence-electron chi connectivity index (χ2n) is 16.2. The molecule has 3 aliphatic heterocycles. The van der Waals surface area contributed by atoms with Gasteiger partial charge in [-0.25, -0.2) is 8.78 Å². The number of terminal acetylenes is 1. The van der Waals surface area contributed by atoms with E-state index in [1.54, 1.807) is 27.0 Å². The van der Waals surface area contributed by atoms with Crippen molar-refractivity contribution in [2.45, 2.75) is 76.4 Å². The molecule has 0 aliphatic carbocycles. The Morgan fingerprint density at radius 1 is 1.18 bits per heavy atom. The standard InChI is InChI=1S/C43H47F2N7O3/c1-7-28-32(44)13-12-26-20-27(53)21-29(35(26)28)36-31(41(3,4)47)22-30-38(37(36)45)48-40(55-25-43-15-10-18-52(43)19-11-16-43)49-39(30)51-17-9-14-42(5,24-46)33(23-51)50(6)34(54)8-2/h1,8,12-13,20-22,33,53H,2,9-11,14-19,23,25,47H2,3-6H3. The van der Waals surface area contributed by atoms with Crippen molar-refractivity contribution in [2.75, 3.05) is 44.7 Å². The van der Waals surface area contributed by atoms with Crippen molar-refractivity contribution in [3.8, 4) is 41.3 Å². The molecule has 3 N–H and O–H groups in total. The number of rotatable bonds is 8. The summed E-state index contributed by atoms with van der Waals surface area (Å²) in [7, 11) is 1.66. The maximum absolute atomic E-state index is 17.9. The second-order valence-corrected chi connectivity index (χ2v) is 16.2. The Kier molecular flexibility index (Phi) is 9.73. The van der Waals surface area contributed by atoms with Gasteiger partial charge in [-0.1, -0.05) is 18.6 Å². The number of benzene rings is 3. The molecule has 7 rings (SSSR count). The molecule has 0 saturated carbocycles. The van der Waals surface area contributed by atoms with Gasteiger partial charge in [0.25, 0.3) is 0 Å². The molecule has 0 bridgehead atoms. The van der Waals surface area contributed by atoms with Gasteiger partial charge in [-0.15, -0.1) is 6.42 Å². The first-order valence-electron chi connectivity index (χ1n) is 18.8. The van der Waals surface area contributed by atoms with E-state index in [4.69, 9.17) is 26.9 Å². The summed E-state index contributed by atoms with van der Waals surface area (Å²) in [6.07, 6.45) is 12.2. The van der Waals surface area contributed by atoms with E-state index in [0.29, 0.717) is 48.1 Å². The zero-order valence-corrected chi connectivity index (χ0v) is 31.9. The lowest BCUT2D eigenvalue weighted by Gasteiger charge is -2.38. The number of nitrogens with two attached hydrogens (primary N) is 1. The lowest BCUT2D eigenvalue weighted by molar-refractivity contribution is -0.128.